The van der Waals surface area contributed by atoms with Crippen LogP contribution in [0.1, 0.15) is 11.3 Å². The van der Waals surface area contributed by atoms with Gasteiger partial charge in [0.15, 0.2) is 10.2 Å². The number of sulfonamides is 1. The summed E-state index contributed by atoms with van der Waals surface area (Å²) in [4.78, 5) is 10.7. The van der Waals surface area contributed by atoms with E-state index in [1.165, 1.54) is 18.7 Å². The summed E-state index contributed by atoms with van der Waals surface area (Å²) in [6, 6.07) is 0. The molecule has 2 heterocycles. The number of anilines is 1. The van der Waals surface area contributed by atoms with Gasteiger partial charge in [0.1, 0.15) is 0 Å². The van der Waals surface area contributed by atoms with Gasteiger partial charge in [-0.1, -0.05) is 23.2 Å². The molecule has 2 aromatic heterocycles. The van der Waals surface area contributed by atoms with E-state index in [1.54, 1.807) is 0 Å². The summed E-state index contributed by atoms with van der Waals surface area (Å²) in [7, 11) is -3.69. The zero-order chi connectivity index (χ0) is 13.7. The molecule has 0 spiro atoms. The van der Waals surface area contributed by atoms with Crippen LogP contribution in [0.2, 0.25) is 0 Å². The molecule has 100 valence electrons. The number of rotatable bonds is 4. The Morgan fingerprint density at radius 2 is 2.32 bits per heavy atom. The van der Waals surface area contributed by atoms with Crippen LogP contribution in [0.25, 0.3) is 0 Å². The van der Waals surface area contributed by atoms with Crippen LogP contribution in [0.15, 0.2) is 23.7 Å². The number of H-pyrrole nitrogens is 1. The molecule has 0 saturated heterocycles. The van der Waals surface area contributed by atoms with Gasteiger partial charge in [-0.15, -0.1) is 0 Å². The number of nitrogens with zero attached hydrogens (tertiary/aromatic N) is 2. The van der Waals surface area contributed by atoms with E-state index in [1.807, 2.05) is 0 Å². The number of aliphatic hydroxyl groups excluding tert-OH is 1. The smallest absolute Gasteiger partial charge is 0.280 e. The molecule has 2 rings (SSSR count). The van der Waals surface area contributed by atoms with E-state index in [0.29, 0.717) is 11.3 Å². The molecule has 0 aromatic carbocycles. The van der Waals surface area contributed by atoms with Gasteiger partial charge in [-0.3, -0.25) is 4.72 Å². The van der Waals surface area contributed by atoms with Crippen LogP contribution in [-0.4, -0.2) is 35.1 Å². The largest absolute Gasteiger partial charge is 0.395 e. The highest BCUT2D eigenvalue weighted by Gasteiger charge is 2.17. The Balaban J connectivity index is 2.11. The van der Waals surface area contributed by atoms with Crippen molar-refractivity contribution < 1.29 is 13.5 Å². The summed E-state index contributed by atoms with van der Waals surface area (Å²) in [6.07, 6.45) is 4.33. The minimum absolute atomic E-state index is 0.00882. The molecule has 0 saturated carbocycles. The fraction of sp³-hybridized carbons (Fsp3) is 0.200. The summed E-state index contributed by atoms with van der Waals surface area (Å²) < 4.78 is 26.0. The standard InChI is InChI=1S/C10H10N4O3S2/c15-4-2-1-3-8-5-12-10(18-8)14-19(16,17)9-6-11-7-13-9/h5-7,15H,2,4H2,(H,11,13)(H,12,14). The Morgan fingerprint density at radius 1 is 1.47 bits per heavy atom. The van der Waals surface area contributed by atoms with Crippen molar-refractivity contribution in [1.82, 2.24) is 15.0 Å². The third kappa shape index (κ3) is 3.54. The lowest BCUT2D eigenvalue weighted by Crippen LogP contribution is -2.12. The second kappa shape index (κ2) is 5.83. The Morgan fingerprint density at radius 3 is 3.00 bits per heavy atom. The first kappa shape index (κ1) is 13.5. The third-order valence-electron chi connectivity index (χ3n) is 1.94. The van der Waals surface area contributed by atoms with Crippen molar-refractivity contribution in [3.05, 3.63) is 23.6 Å². The molecule has 0 fully saturated rings. The van der Waals surface area contributed by atoms with E-state index in [9.17, 15) is 8.42 Å². The number of aromatic amines is 1. The highest BCUT2D eigenvalue weighted by Crippen LogP contribution is 2.20. The Bertz CT molecular complexity index is 695. The molecule has 0 atom stereocenters. The number of imidazole rings is 1. The summed E-state index contributed by atoms with van der Waals surface area (Å²) in [6.45, 7) is -0.00882. The van der Waals surface area contributed by atoms with Crippen LogP contribution < -0.4 is 4.72 Å². The van der Waals surface area contributed by atoms with E-state index in [0.717, 1.165) is 11.3 Å². The minimum atomic E-state index is -3.69. The lowest BCUT2D eigenvalue weighted by Gasteiger charge is -2.00. The number of thiazole rings is 1. The molecule has 0 unspecified atom stereocenters. The Hall–Kier alpha value is -1.89. The first-order chi connectivity index (χ1) is 9.12. The fourth-order valence-electron chi connectivity index (χ4n) is 1.14. The van der Waals surface area contributed by atoms with Gasteiger partial charge >= 0.3 is 0 Å². The van der Waals surface area contributed by atoms with Crippen molar-refractivity contribution in [2.45, 2.75) is 11.4 Å². The van der Waals surface area contributed by atoms with Crippen LogP contribution in [0.5, 0.6) is 0 Å². The number of hydrogen-bond donors (Lipinski definition) is 3. The minimum Gasteiger partial charge on any atom is -0.395 e. The molecule has 0 aliphatic rings. The van der Waals surface area contributed by atoms with E-state index in [2.05, 4.69) is 31.5 Å². The van der Waals surface area contributed by atoms with Crippen molar-refractivity contribution in [3.8, 4) is 11.8 Å². The molecule has 0 radical (unpaired) electrons. The highest BCUT2D eigenvalue weighted by atomic mass is 32.2. The van der Waals surface area contributed by atoms with Gasteiger partial charge in [-0.2, -0.15) is 8.42 Å². The van der Waals surface area contributed by atoms with Crippen LogP contribution in [0, 0.1) is 11.8 Å². The molecule has 7 nitrogen and oxygen atoms in total. The van der Waals surface area contributed by atoms with Crippen molar-refractivity contribution in [1.29, 1.82) is 0 Å². The van der Waals surface area contributed by atoms with Gasteiger partial charge in [0.2, 0.25) is 0 Å². The zero-order valence-electron chi connectivity index (χ0n) is 9.62. The fourth-order valence-corrected chi connectivity index (χ4v) is 2.98. The summed E-state index contributed by atoms with van der Waals surface area (Å²) >= 11 is 1.12. The second-order valence-electron chi connectivity index (χ2n) is 3.33. The van der Waals surface area contributed by atoms with E-state index >= 15 is 0 Å². The topological polar surface area (TPSA) is 108 Å². The average Bonchev–Trinajstić information content (AvgIpc) is 3.00. The van der Waals surface area contributed by atoms with Crippen LogP contribution in [0.3, 0.4) is 0 Å². The second-order valence-corrected chi connectivity index (χ2v) is 6.01. The molecular formula is C10H10N4O3S2. The highest BCUT2D eigenvalue weighted by molar-refractivity contribution is 7.92. The molecule has 9 heteroatoms. The lowest BCUT2D eigenvalue weighted by atomic mass is 10.4. The normalized spacial score (nSPS) is 10.8. The third-order valence-corrected chi connectivity index (χ3v) is 4.16. The van der Waals surface area contributed by atoms with Gasteiger partial charge in [0.05, 0.1) is 30.2 Å². The van der Waals surface area contributed by atoms with Crippen molar-refractivity contribution >= 4 is 26.5 Å². The van der Waals surface area contributed by atoms with Gasteiger partial charge in [-0.05, 0) is 0 Å². The molecule has 2 aromatic rings. The van der Waals surface area contributed by atoms with E-state index in [4.69, 9.17) is 5.11 Å². The maximum Gasteiger partial charge on any atom is 0.280 e. The van der Waals surface area contributed by atoms with Crippen molar-refractivity contribution in [2.24, 2.45) is 0 Å². The van der Waals surface area contributed by atoms with Gasteiger partial charge in [0.25, 0.3) is 10.0 Å². The maximum atomic E-state index is 11.8. The first-order valence-electron chi connectivity index (χ1n) is 5.18. The lowest BCUT2D eigenvalue weighted by molar-refractivity contribution is 0.305. The van der Waals surface area contributed by atoms with Crippen molar-refractivity contribution in [2.75, 3.05) is 11.3 Å². The molecule has 3 N–H and O–H groups in total. The number of aromatic nitrogens is 3. The van der Waals surface area contributed by atoms with Crippen LogP contribution >= 0.6 is 11.3 Å². The number of nitrogens with one attached hydrogen (secondary N) is 2. The molecule has 0 aliphatic carbocycles. The van der Waals surface area contributed by atoms with Crippen LogP contribution in [0.4, 0.5) is 5.13 Å². The molecule has 0 bridgehead atoms. The first-order valence-corrected chi connectivity index (χ1v) is 7.48. The zero-order valence-corrected chi connectivity index (χ0v) is 11.3. The molecule has 19 heavy (non-hydrogen) atoms. The molecular weight excluding hydrogens is 288 g/mol. The predicted octanol–water partition coefficient (Wildman–Crippen LogP) is 0.401. The Kier molecular flexibility index (Phi) is 4.16. The Labute approximate surface area is 113 Å². The van der Waals surface area contributed by atoms with E-state index < -0.39 is 10.0 Å². The van der Waals surface area contributed by atoms with E-state index in [-0.39, 0.29) is 16.8 Å². The maximum absolute atomic E-state index is 11.8. The summed E-state index contributed by atoms with van der Waals surface area (Å²) in [5, 5.41) is 8.79. The molecule has 0 aliphatic heterocycles. The van der Waals surface area contributed by atoms with Gasteiger partial charge < -0.3 is 10.1 Å². The number of hydrogen-bond acceptors (Lipinski definition) is 6. The number of aliphatic hydroxyl groups is 1. The predicted molar refractivity (Wildman–Crippen MR) is 70.1 cm³/mol. The SMILES string of the molecule is O=S(=O)(Nc1ncc(C#CCCO)s1)c1cnc[nH]1. The van der Waals surface area contributed by atoms with Gasteiger partial charge in [-0.25, -0.2) is 9.97 Å². The summed E-state index contributed by atoms with van der Waals surface area (Å²) in [5.41, 5.74) is 0. The van der Waals surface area contributed by atoms with Crippen LogP contribution in [-0.2, 0) is 10.0 Å². The average molecular weight is 298 g/mol. The van der Waals surface area contributed by atoms with Crippen molar-refractivity contribution in [3.63, 3.8) is 0 Å². The molecule has 0 amide bonds. The monoisotopic (exact) mass is 298 g/mol. The summed E-state index contributed by atoms with van der Waals surface area (Å²) in [5.74, 6) is 5.51. The van der Waals surface area contributed by atoms with Gasteiger partial charge in [0, 0.05) is 6.42 Å². The quantitative estimate of drug-likeness (QED) is 0.708.